The molecular weight excluding hydrogens is 407 g/mol. The fourth-order valence-corrected chi connectivity index (χ4v) is 3.98. The van der Waals surface area contributed by atoms with Crippen molar-refractivity contribution in [1.82, 2.24) is 0 Å². The van der Waals surface area contributed by atoms with Crippen molar-refractivity contribution in [2.45, 2.75) is 54.2 Å². The quantitative estimate of drug-likeness (QED) is 0.428. The monoisotopic (exact) mass is 439 g/mol. The van der Waals surface area contributed by atoms with E-state index in [4.69, 9.17) is 0 Å². The van der Waals surface area contributed by atoms with Crippen LogP contribution in [0.3, 0.4) is 0 Å². The first-order valence-electron chi connectivity index (χ1n) is 11.5. The number of aryl methyl sites for hydroxylation is 1. The molecule has 3 aromatic rings. The van der Waals surface area contributed by atoms with E-state index in [0.717, 1.165) is 46.4 Å². The molecular formula is C28H32BN2O2. The molecule has 3 rings (SSSR count). The largest absolute Gasteiger partial charge is 0.321 e. The third kappa shape index (κ3) is 5.36. The van der Waals surface area contributed by atoms with Gasteiger partial charge in [0.05, 0.1) is 0 Å². The van der Waals surface area contributed by atoms with Gasteiger partial charge in [0.15, 0.2) is 0 Å². The zero-order chi connectivity index (χ0) is 24.1. The number of benzene rings is 3. The molecule has 0 aliphatic carbocycles. The minimum Gasteiger partial charge on any atom is -0.321 e. The first-order valence-corrected chi connectivity index (χ1v) is 11.5. The predicted octanol–water partition coefficient (Wildman–Crippen LogP) is 6.24. The van der Waals surface area contributed by atoms with E-state index in [-0.39, 0.29) is 11.8 Å². The number of rotatable bonds is 7. The van der Waals surface area contributed by atoms with Gasteiger partial charge in [0, 0.05) is 22.5 Å². The molecule has 4 nitrogen and oxygen atoms in total. The number of nitrogens with one attached hydrogen (secondary N) is 2. The molecule has 0 saturated heterocycles. The molecule has 0 saturated carbocycles. The van der Waals surface area contributed by atoms with Crippen LogP contribution < -0.4 is 10.6 Å². The van der Waals surface area contributed by atoms with Gasteiger partial charge in [-0.05, 0) is 86.2 Å². The van der Waals surface area contributed by atoms with Gasteiger partial charge in [-0.1, -0.05) is 49.9 Å². The summed E-state index contributed by atoms with van der Waals surface area (Å²) in [6, 6.07) is 15.4. The fraction of sp³-hybridized carbons (Fsp3) is 0.286. The summed E-state index contributed by atoms with van der Waals surface area (Å²) in [6.07, 6.45) is 1.82. The lowest BCUT2D eigenvalue weighted by Crippen LogP contribution is -2.18. The molecule has 5 heteroatoms. The molecule has 0 atom stereocenters. The van der Waals surface area contributed by atoms with Crippen molar-refractivity contribution in [2.75, 3.05) is 10.6 Å². The van der Waals surface area contributed by atoms with Crippen LogP contribution in [0.4, 0.5) is 11.4 Å². The minimum atomic E-state index is -0.139. The summed E-state index contributed by atoms with van der Waals surface area (Å²) in [6.45, 7) is 12.0. The number of hydrogen-bond acceptors (Lipinski definition) is 2. The standard InChI is InChI=1S/C28H32BN2O2/c1-7-21-8-12-23(13-9-21)27(32)30-25-17(2)19(4)26(20(5)18(25)3)31-28(33)24-14-10-22(11-15-24)16-29-6/h8-15H,7,16H2,1-6H3,(H,30,32)(H,31,33). The van der Waals surface area contributed by atoms with Crippen LogP contribution in [-0.4, -0.2) is 19.1 Å². The van der Waals surface area contributed by atoms with Gasteiger partial charge in [-0.25, -0.2) is 0 Å². The van der Waals surface area contributed by atoms with Crippen molar-refractivity contribution in [3.8, 4) is 0 Å². The lowest BCUT2D eigenvalue weighted by molar-refractivity contribution is 0.101. The topological polar surface area (TPSA) is 58.2 Å². The molecule has 0 aromatic heterocycles. The lowest BCUT2D eigenvalue weighted by atomic mass is 9.75. The number of carbonyl (C=O) groups is 2. The van der Waals surface area contributed by atoms with Gasteiger partial charge in [0.1, 0.15) is 7.28 Å². The molecule has 0 bridgehead atoms. The van der Waals surface area contributed by atoms with Crippen LogP contribution in [0.5, 0.6) is 0 Å². The van der Waals surface area contributed by atoms with Gasteiger partial charge in [-0.3, -0.25) is 9.59 Å². The van der Waals surface area contributed by atoms with Crippen molar-refractivity contribution >= 4 is 30.5 Å². The van der Waals surface area contributed by atoms with Gasteiger partial charge in [0.25, 0.3) is 11.8 Å². The Hall–Kier alpha value is -3.34. The summed E-state index contributed by atoms with van der Waals surface area (Å²) in [4.78, 5) is 25.8. The molecule has 0 heterocycles. The van der Waals surface area contributed by atoms with E-state index in [1.807, 2.05) is 83.0 Å². The molecule has 0 fully saturated rings. The first kappa shape index (κ1) is 24.3. The van der Waals surface area contributed by atoms with E-state index in [1.54, 1.807) is 0 Å². The molecule has 2 amide bonds. The number of carbonyl (C=O) groups excluding carboxylic acids is 2. The Kier molecular flexibility index (Phi) is 7.75. The smallest absolute Gasteiger partial charge is 0.255 e. The Balaban J connectivity index is 1.85. The van der Waals surface area contributed by atoms with Crippen molar-refractivity contribution < 1.29 is 9.59 Å². The molecule has 0 spiro atoms. The lowest BCUT2D eigenvalue weighted by Gasteiger charge is -2.21. The Morgan fingerprint density at radius 1 is 0.667 bits per heavy atom. The molecule has 0 unspecified atom stereocenters. The van der Waals surface area contributed by atoms with Crippen LogP contribution in [-0.2, 0) is 12.7 Å². The van der Waals surface area contributed by atoms with Gasteiger partial charge in [-0.2, -0.15) is 0 Å². The Bertz CT molecular complexity index is 1140. The van der Waals surface area contributed by atoms with Crippen molar-refractivity contribution in [1.29, 1.82) is 0 Å². The maximum Gasteiger partial charge on any atom is 0.255 e. The van der Waals surface area contributed by atoms with Crippen molar-refractivity contribution in [3.05, 3.63) is 93.0 Å². The highest BCUT2D eigenvalue weighted by molar-refractivity contribution is 6.32. The molecule has 1 radical (unpaired) electrons. The third-order valence-electron chi connectivity index (χ3n) is 6.38. The van der Waals surface area contributed by atoms with Crippen LogP contribution >= 0.6 is 0 Å². The maximum absolute atomic E-state index is 12.9. The average molecular weight is 439 g/mol. The molecule has 0 aliphatic heterocycles. The molecule has 2 N–H and O–H groups in total. The molecule has 3 aromatic carbocycles. The van der Waals surface area contributed by atoms with E-state index in [9.17, 15) is 9.59 Å². The normalized spacial score (nSPS) is 10.6. The summed E-state index contributed by atoms with van der Waals surface area (Å²) in [5, 5.41) is 6.18. The van der Waals surface area contributed by atoms with Gasteiger partial charge in [-0.15, -0.1) is 0 Å². The van der Waals surface area contributed by atoms with Gasteiger partial charge in [0.2, 0.25) is 0 Å². The molecule has 169 valence electrons. The predicted molar refractivity (Wildman–Crippen MR) is 139 cm³/mol. The first-order chi connectivity index (χ1) is 15.8. The second kappa shape index (κ2) is 10.5. The zero-order valence-corrected chi connectivity index (χ0v) is 20.4. The molecule has 33 heavy (non-hydrogen) atoms. The Morgan fingerprint density at radius 3 is 1.36 bits per heavy atom. The average Bonchev–Trinajstić information content (AvgIpc) is 2.83. The SMILES string of the molecule is C[B]Cc1ccc(C(=O)Nc2c(C)c(C)c(NC(=O)c3ccc(CC)cc3)c(C)c2C)cc1. The summed E-state index contributed by atoms with van der Waals surface area (Å²) < 4.78 is 0. The second-order valence-electron chi connectivity index (χ2n) is 8.52. The summed E-state index contributed by atoms with van der Waals surface area (Å²) in [7, 11) is 2.09. The summed E-state index contributed by atoms with van der Waals surface area (Å²) in [5.41, 5.74) is 9.00. The van der Waals surface area contributed by atoms with E-state index in [1.165, 1.54) is 11.1 Å². The van der Waals surface area contributed by atoms with E-state index >= 15 is 0 Å². The maximum atomic E-state index is 12.9. The van der Waals surface area contributed by atoms with Crippen molar-refractivity contribution in [2.24, 2.45) is 0 Å². The third-order valence-corrected chi connectivity index (χ3v) is 6.38. The van der Waals surface area contributed by atoms with Crippen LogP contribution in [0.15, 0.2) is 48.5 Å². The Morgan fingerprint density at radius 2 is 1.03 bits per heavy atom. The van der Waals surface area contributed by atoms with Crippen LogP contribution in [0, 0.1) is 27.7 Å². The van der Waals surface area contributed by atoms with E-state index in [2.05, 4.69) is 24.8 Å². The number of amides is 2. The highest BCUT2D eigenvalue weighted by atomic mass is 16.2. The van der Waals surface area contributed by atoms with Crippen LogP contribution in [0.25, 0.3) is 0 Å². The second-order valence-corrected chi connectivity index (χ2v) is 8.52. The van der Waals surface area contributed by atoms with Gasteiger partial charge >= 0.3 is 0 Å². The fourth-order valence-electron chi connectivity index (χ4n) is 3.98. The van der Waals surface area contributed by atoms with Crippen molar-refractivity contribution in [3.63, 3.8) is 0 Å². The molecule has 0 aliphatic rings. The highest BCUT2D eigenvalue weighted by Crippen LogP contribution is 2.34. The van der Waals surface area contributed by atoms with Gasteiger partial charge < -0.3 is 10.6 Å². The Labute approximate surface area is 198 Å². The van der Waals surface area contributed by atoms with E-state index in [0.29, 0.717) is 11.1 Å². The highest BCUT2D eigenvalue weighted by Gasteiger charge is 2.19. The zero-order valence-electron chi connectivity index (χ0n) is 20.4. The number of hydrogen-bond donors (Lipinski definition) is 2. The van der Waals surface area contributed by atoms with E-state index < -0.39 is 0 Å². The van der Waals surface area contributed by atoms with Crippen LogP contribution in [0.2, 0.25) is 6.82 Å². The number of anilines is 2. The summed E-state index contributed by atoms with van der Waals surface area (Å²) >= 11 is 0. The summed E-state index contributed by atoms with van der Waals surface area (Å²) in [5.74, 6) is -0.274. The minimum absolute atomic E-state index is 0.135. The van der Waals surface area contributed by atoms with Crippen LogP contribution in [0.1, 0.15) is 61.0 Å².